The quantitative estimate of drug-likeness (QED) is 0.118. The third-order valence-electron chi connectivity index (χ3n) is 10.4. The summed E-state index contributed by atoms with van der Waals surface area (Å²) >= 11 is 1.64. The van der Waals surface area contributed by atoms with E-state index in [1.54, 1.807) is 11.3 Å². The summed E-state index contributed by atoms with van der Waals surface area (Å²) in [6.45, 7) is 11.7. The topological polar surface area (TPSA) is 43.9 Å². The van der Waals surface area contributed by atoms with Crippen LogP contribution in [0.1, 0.15) is 19.4 Å². The smallest absolute Gasteiger partial charge is 0.137 e. The van der Waals surface area contributed by atoms with E-state index in [0.29, 0.717) is 5.92 Å². The van der Waals surface area contributed by atoms with Gasteiger partial charge in [0.05, 0.1) is 24.9 Å². The van der Waals surface area contributed by atoms with Crippen LogP contribution in [0.3, 0.4) is 0 Å². The van der Waals surface area contributed by atoms with E-state index < -0.39 is 8.07 Å². The Balaban J connectivity index is 0.000000191. The second-order valence-corrected chi connectivity index (χ2v) is 21.9. The molecule has 7 heteroatoms. The fourth-order valence-electron chi connectivity index (χ4n) is 7.74. The van der Waals surface area contributed by atoms with Crippen molar-refractivity contribution >= 4 is 67.7 Å². The van der Waals surface area contributed by atoms with Crippen molar-refractivity contribution in [1.82, 2.24) is 14.5 Å². The summed E-state index contributed by atoms with van der Waals surface area (Å²) in [7, 11) is -1.34. The minimum atomic E-state index is -1.34. The van der Waals surface area contributed by atoms with Crippen molar-refractivity contribution in [3.05, 3.63) is 169 Å². The molecule has 0 spiro atoms. The molecule has 289 valence electrons. The number of nitrogens with zero attached hydrogens (tertiary/aromatic N) is 3. The van der Waals surface area contributed by atoms with Crippen LogP contribution in [0.2, 0.25) is 19.6 Å². The van der Waals surface area contributed by atoms with E-state index in [0.717, 1.165) is 73.1 Å². The van der Waals surface area contributed by atoms with Crippen molar-refractivity contribution in [3.8, 4) is 39.5 Å². The zero-order chi connectivity index (χ0) is 39.1. The predicted octanol–water partition coefficient (Wildman–Crippen LogP) is 13.6. The van der Waals surface area contributed by atoms with Crippen LogP contribution in [0.25, 0.3) is 82.5 Å². The molecule has 4 heterocycles. The van der Waals surface area contributed by atoms with E-state index in [1.165, 1.54) is 26.6 Å². The van der Waals surface area contributed by atoms with Crippen molar-refractivity contribution in [3.63, 3.8) is 0 Å². The molecule has 0 bridgehead atoms. The van der Waals surface area contributed by atoms with E-state index in [-0.39, 0.29) is 20.1 Å². The zero-order valence-corrected chi connectivity index (χ0v) is 37.4. The fraction of sp³-hybridized carbons (Fsp3) is 0.137. The van der Waals surface area contributed by atoms with Gasteiger partial charge in [0.15, 0.2) is 0 Å². The Morgan fingerprint density at radius 1 is 0.724 bits per heavy atom. The van der Waals surface area contributed by atoms with Gasteiger partial charge in [0, 0.05) is 48.8 Å². The number of benzene rings is 6. The second kappa shape index (κ2) is 16.4. The molecule has 0 aliphatic rings. The van der Waals surface area contributed by atoms with E-state index in [4.69, 9.17) is 9.40 Å². The second-order valence-electron chi connectivity index (χ2n) is 16.0. The molecule has 0 unspecified atom stereocenters. The summed E-state index contributed by atoms with van der Waals surface area (Å²) in [6.07, 6.45) is 3.24. The SMILES string of the molecule is CC(C)Cc1cc(-c2[c-]cccc2)ncc1[Si](C)(C)C.[Ir].[c-]1sc2ccc(-c3ccccc3)cc2c1-c1nc2ccccc2n1-c1ccc2c(c1)oc1ccccc12. The van der Waals surface area contributed by atoms with Gasteiger partial charge in [-0.1, -0.05) is 140 Å². The molecule has 0 saturated carbocycles. The summed E-state index contributed by atoms with van der Waals surface area (Å²) in [6, 6.07) is 53.7. The summed E-state index contributed by atoms with van der Waals surface area (Å²) < 4.78 is 9.66. The Morgan fingerprint density at radius 2 is 1.48 bits per heavy atom. The van der Waals surface area contributed by atoms with Crippen LogP contribution in [0.5, 0.6) is 0 Å². The number of imidazole rings is 1. The molecule has 6 aromatic carbocycles. The molecule has 10 aromatic rings. The molecule has 0 saturated heterocycles. The van der Waals surface area contributed by atoms with Gasteiger partial charge in [-0.3, -0.25) is 16.3 Å². The molecule has 10 rings (SSSR count). The van der Waals surface area contributed by atoms with Gasteiger partial charge in [-0.2, -0.15) is 0 Å². The first-order valence-electron chi connectivity index (χ1n) is 19.6. The number of hydrogen-bond donors (Lipinski definition) is 0. The number of pyridine rings is 1. The van der Waals surface area contributed by atoms with Gasteiger partial charge in [0.2, 0.25) is 0 Å². The first kappa shape index (κ1) is 39.4. The minimum absolute atomic E-state index is 0. The zero-order valence-electron chi connectivity index (χ0n) is 33.2. The maximum atomic E-state index is 6.23. The maximum Gasteiger partial charge on any atom is 0.137 e. The molecule has 4 aromatic heterocycles. The molecule has 1 radical (unpaired) electrons. The normalized spacial score (nSPS) is 11.6. The van der Waals surface area contributed by atoms with Gasteiger partial charge < -0.3 is 14.0 Å². The number of furan rings is 1. The third kappa shape index (κ3) is 7.76. The van der Waals surface area contributed by atoms with Crippen LogP contribution in [0.4, 0.5) is 0 Å². The van der Waals surface area contributed by atoms with Crippen LogP contribution in [-0.2, 0) is 26.5 Å². The first-order valence-corrected chi connectivity index (χ1v) is 23.9. The van der Waals surface area contributed by atoms with Crippen LogP contribution in [0.15, 0.2) is 156 Å². The number of aromatic nitrogens is 3. The van der Waals surface area contributed by atoms with Crippen molar-refractivity contribution < 1.29 is 24.5 Å². The number of fused-ring (bicyclic) bond motifs is 5. The van der Waals surface area contributed by atoms with Crippen molar-refractivity contribution in [2.24, 2.45) is 5.92 Å². The van der Waals surface area contributed by atoms with Gasteiger partial charge in [-0.15, -0.1) is 41.3 Å². The molecular formula is C51H43IrN3OSSi-2. The number of rotatable bonds is 7. The number of hydrogen-bond acceptors (Lipinski definition) is 4. The minimum Gasteiger partial charge on any atom is -0.456 e. The van der Waals surface area contributed by atoms with E-state index in [2.05, 4.69) is 158 Å². The first-order chi connectivity index (χ1) is 27.7. The van der Waals surface area contributed by atoms with Crippen LogP contribution < -0.4 is 5.19 Å². The van der Waals surface area contributed by atoms with Crippen molar-refractivity contribution in [1.29, 1.82) is 0 Å². The third-order valence-corrected chi connectivity index (χ3v) is 13.4. The van der Waals surface area contributed by atoms with E-state index in [1.807, 2.05) is 48.5 Å². The largest absolute Gasteiger partial charge is 0.456 e. The van der Waals surface area contributed by atoms with Gasteiger partial charge in [0.1, 0.15) is 11.2 Å². The molecule has 4 nitrogen and oxygen atoms in total. The summed E-state index contributed by atoms with van der Waals surface area (Å²) in [5.41, 5.74) is 11.8. The summed E-state index contributed by atoms with van der Waals surface area (Å²) in [4.78, 5) is 9.80. The van der Waals surface area contributed by atoms with Crippen LogP contribution in [-0.4, -0.2) is 22.6 Å². The van der Waals surface area contributed by atoms with Gasteiger partial charge in [0.25, 0.3) is 0 Å². The fourth-order valence-corrected chi connectivity index (χ4v) is 10.2. The Hall–Kier alpha value is -5.43. The molecule has 0 amide bonds. The monoisotopic (exact) mass is 966 g/mol. The Kier molecular flexibility index (Phi) is 11.2. The average molecular weight is 966 g/mol. The average Bonchev–Trinajstić information content (AvgIpc) is 3.94. The standard InChI is InChI=1S/C33H19N2OS.C18H24NSi.Ir/c1-2-8-21(9-3-1)22-14-17-32-26(18-22)27(20-37-32)33-34-28-11-5-6-12-29(28)35(33)23-15-16-25-24-10-4-7-13-30(24)36-31(25)19-23;1-14(2)11-16-12-17(15-9-7-6-8-10-15)19-13-18(16)20(3,4)5;/h1-19H;6-9,12-14H,11H2,1-5H3;/q2*-1;. The molecule has 0 fully saturated rings. The molecule has 0 aliphatic carbocycles. The van der Waals surface area contributed by atoms with E-state index in [9.17, 15) is 0 Å². The molecule has 0 atom stereocenters. The van der Waals surface area contributed by atoms with Crippen LogP contribution >= 0.6 is 11.3 Å². The Morgan fingerprint density at radius 3 is 2.28 bits per heavy atom. The number of thiophene rings is 1. The maximum absolute atomic E-state index is 6.23. The molecule has 58 heavy (non-hydrogen) atoms. The van der Waals surface area contributed by atoms with Gasteiger partial charge >= 0.3 is 0 Å². The Bertz CT molecular complexity index is 3010. The Labute approximate surface area is 358 Å². The van der Waals surface area contributed by atoms with Gasteiger partial charge in [-0.25, -0.2) is 0 Å². The van der Waals surface area contributed by atoms with Crippen LogP contribution in [0, 0.1) is 17.4 Å². The molecule has 0 aliphatic heterocycles. The molecule has 0 N–H and O–H groups in total. The van der Waals surface area contributed by atoms with Gasteiger partial charge in [-0.05, 0) is 64.7 Å². The summed E-state index contributed by atoms with van der Waals surface area (Å²) in [5.74, 6) is 1.55. The molecular weight excluding hydrogens is 923 g/mol. The van der Waals surface area contributed by atoms with Crippen molar-refractivity contribution in [2.45, 2.75) is 39.9 Å². The predicted molar refractivity (Wildman–Crippen MR) is 243 cm³/mol. The number of para-hydroxylation sites is 3. The van der Waals surface area contributed by atoms with E-state index >= 15 is 0 Å². The summed E-state index contributed by atoms with van der Waals surface area (Å²) in [5, 5.41) is 8.47. The van der Waals surface area contributed by atoms with Crippen molar-refractivity contribution in [2.75, 3.05) is 0 Å².